The molecule has 0 aliphatic heterocycles. The fraction of sp³-hybridized carbons (Fsp3) is 0.200. The van der Waals surface area contributed by atoms with Gasteiger partial charge in [0.2, 0.25) is 5.88 Å². The first-order chi connectivity index (χ1) is 7.22. The third-order valence-corrected chi connectivity index (χ3v) is 2.03. The van der Waals surface area contributed by atoms with Crippen molar-refractivity contribution in [1.29, 1.82) is 0 Å². The van der Waals surface area contributed by atoms with Gasteiger partial charge < -0.3 is 4.74 Å². The van der Waals surface area contributed by atoms with Gasteiger partial charge in [0.25, 0.3) is 0 Å². The highest BCUT2D eigenvalue weighted by Crippen LogP contribution is 2.28. The molecule has 0 aliphatic rings. The normalized spacial score (nSPS) is 10.3. The molecule has 0 saturated heterocycles. The minimum atomic E-state index is -0.388. The molecule has 0 N–H and O–H groups in total. The van der Waals surface area contributed by atoms with Gasteiger partial charge >= 0.3 is 0 Å². The number of aromatic nitrogens is 3. The van der Waals surface area contributed by atoms with Gasteiger partial charge in [-0.2, -0.15) is 5.10 Å². The Bertz CT molecular complexity index is 481. The summed E-state index contributed by atoms with van der Waals surface area (Å²) in [5, 5.41) is 4.11. The van der Waals surface area contributed by atoms with E-state index >= 15 is 0 Å². The minimum absolute atomic E-state index is 0.244. The third kappa shape index (κ3) is 1.68. The van der Waals surface area contributed by atoms with Crippen molar-refractivity contribution in [2.45, 2.75) is 0 Å². The summed E-state index contributed by atoms with van der Waals surface area (Å²) >= 11 is 0. The first kappa shape index (κ1) is 9.64. The Labute approximate surface area is 86.3 Å². The predicted molar refractivity (Wildman–Crippen MR) is 52.9 cm³/mol. The zero-order chi connectivity index (χ0) is 10.8. The summed E-state index contributed by atoms with van der Waals surface area (Å²) in [6.07, 6.45) is 3.10. The lowest BCUT2D eigenvalue weighted by Crippen LogP contribution is -1.96. The lowest BCUT2D eigenvalue weighted by atomic mass is 10.2. The van der Waals surface area contributed by atoms with Crippen molar-refractivity contribution in [3.63, 3.8) is 0 Å². The summed E-state index contributed by atoms with van der Waals surface area (Å²) in [4.78, 5) is 3.93. The molecule has 15 heavy (non-hydrogen) atoms. The fourth-order valence-electron chi connectivity index (χ4n) is 1.36. The van der Waals surface area contributed by atoms with Gasteiger partial charge in [-0.25, -0.2) is 9.37 Å². The van der Waals surface area contributed by atoms with Crippen molar-refractivity contribution >= 4 is 0 Å². The maximum Gasteiger partial charge on any atom is 0.225 e. The van der Waals surface area contributed by atoms with Crippen LogP contribution >= 0.6 is 0 Å². The van der Waals surface area contributed by atoms with E-state index in [1.54, 1.807) is 24.0 Å². The van der Waals surface area contributed by atoms with Crippen LogP contribution in [0.4, 0.5) is 4.39 Å². The molecular formula is C10H10FN3O. The van der Waals surface area contributed by atoms with Gasteiger partial charge in [-0.3, -0.25) is 4.68 Å². The van der Waals surface area contributed by atoms with Gasteiger partial charge in [0, 0.05) is 19.4 Å². The minimum Gasteiger partial charge on any atom is -0.480 e. The number of nitrogens with zero attached hydrogens (tertiary/aromatic N) is 3. The number of hydrogen-bond acceptors (Lipinski definition) is 3. The number of pyridine rings is 1. The second kappa shape index (κ2) is 3.68. The van der Waals surface area contributed by atoms with Crippen LogP contribution in [0.25, 0.3) is 11.3 Å². The summed E-state index contributed by atoms with van der Waals surface area (Å²) in [5.74, 6) is -0.144. The van der Waals surface area contributed by atoms with E-state index in [9.17, 15) is 4.39 Å². The number of ether oxygens (including phenoxy) is 1. The van der Waals surface area contributed by atoms with E-state index in [2.05, 4.69) is 10.1 Å². The number of halogens is 1. The molecule has 0 amide bonds. The standard InChI is InChI=1S/C10H10FN3O/c1-14-6-4-8(13-14)9-7(11)3-5-12-10(9)15-2/h3-6H,1-2H3. The van der Waals surface area contributed by atoms with Crippen LogP contribution in [0.2, 0.25) is 0 Å². The van der Waals surface area contributed by atoms with Gasteiger partial charge in [0.15, 0.2) is 0 Å². The molecule has 0 fully saturated rings. The zero-order valence-corrected chi connectivity index (χ0v) is 8.44. The van der Waals surface area contributed by atoms with Crippen LogP contribution in [0.1, 0.15) is 0 Å². The van der Waals surface area contributed by atoms with Crippen LogP contribution < -0.4 is 4.74 Å². The van der Waals surface area contributed by atoms with Crippen LogP contribution in [-0.2, 0) is 7.05 Å². The second-order valence-corrected chi connectivity index (χ2v) is 3.05. The van der Waals surface area contributed by atoms with Crippen molar-refractivity contribution in [2.75, 3.05) is 7.11 Å². The van der Waals surface area contributed by atoms with E-state index < -0.39 is 0 Å². The molecule has 4 nitrogen and oxygen atoms in total. The first-order valence-electron chi connectivity index (χ1n) is 4.41. The van der Waals surface area contributed by atoms with Gasteiger partial charge in [-0.05, 0) is 12.1 Å². The summed E-state index contributed by atoms with van der Waals surface area (Å²) in [5.41, 5.74) is 0.806. The number of methoxy groups -OCH3 is 1. The topological polar surface area (TPSA) is 39.9 Å². The van der Waals surface area contributed by atoms with Crippen LogP contribution in [-0.4, -0.2) is 21.9 Å². The van der Waals surface area contributed by atoms with Crippen LogP contribution in [0.3, 0.4) is 0 Å². The highest BCUT2D eigenvalue weighted by Gasteiger charge is 2.14. The molecule has 0 atom stereocenters. The van der Waals surface area contributed by atoms with Crippen LogP contribution in [0.5, 0.6) is 5.88 Å². The molecule has 5 heteroatoms. The Kier molecular flexibility index (Phi) is 2.37. The van der Waals surface area contributed by atoms with E-state index in [0.29, 0.717) is 11.3 Å². The smallest absolute Gasteiger partial charge is 0.225 e. The highest BCUT2D eigenvalue weighted by molar-refractivity contribution is 5.65. The Morgan fingerprint density at radius 3 is 2.80 bits per heavy atom. The quantitative estimate of drug-likeness (QED) is 0.751. The average molecular weight is 207 g/mol. The Morgan fingerprint density at radius 1 is 1.40 bits per heavy atom. The molecule has 2 aromatic rings. The number of aryl methyl sites for hydroxylation is 1. The lowest BCUT2D eigenvalue weighted by molar-refractivity contribution is 0.396. The second-order valence-electron chi connectivity index (χ2n) is 3.05. The molecular weight excluding hydrogens is 197 g/mol. The molecule has 0 spiro atoms. The molecule has 0 aromatic carbocycles. The van der Waals surface area contributed by atoms with E-state index in [1.165, 1.54) is 19.4 Å². The molecule has 2 heterocycles. The molecule has 0 saturated carbocycles. The summed E-state index contributed by atoms with van der Waals surface area (Å²) in [6.45, 7) is 0. The average Bonchev–Trinajstić information content (AvgIpc) is 2.64. The summed E-state index contributed by atoms with van der Waals surface area (Å²) in [6, 6.07) is 3.00. The van der Waals surface area contributed by atoms with E-state index in [0.717, 1.165) is 0 Å². The molecule has 0 bridgehead atoms. The lowest BCUT2D eigenvalue weighted by Gasteiger charge is -2.05. The van der Waals surface area contributed by atoms with Crippen molar-refractivity contribution in [1.82, 2.24) is 14.8 Å². The molecule has 78 valence electrons. The van der Waals surface area contributed by atoms with Crippen molar-refractivity contribution < 1.29 is 9.13 Å². The molecule has 2 aromatic heterocycles. The van der Waals surface area contributed by atoms with Crippen molar-refractivity contribution in [3.8, 4) is 17.1 Å². The van der Waals surface area contributed by atoms with Gasteiger partial charge in [0.05, 0.1) is 12.7 Å². The van der Waals surface area contributed by atoms with Gasteiger partial charge in [-0.1, -0.05) is 0 Å². The van der Waals surface area contributed by atoms with Crippen LogP contribution in [0.15, 0.2) is 24.5 Å². The van der Waals surface area contributed by atoms with Crippen LogP contribution in [0, 0.1) is 5.82 Å². The summed E-state index contributed by atoms with van der Waals surface area (Å²) < 4.78 is 20.2. The maximum absolute atomic E-state index is 13.6. The van der Waals surface area contributed by atoms with Gasteiger partial charge in [-0.15, -0.1) is 0 Å². The SMILES string of the molecule is COc1nccc(F)c1-c1ccn(C)n1. The zero-order valence-electron chi connectivity index (χ0n) is 8.44. The molecule has 0 unspecified atom stereocenters. The Balaban J connectivity index is 2.60. The van der Waals surface area contributed by atoms with E-state index in [1.807, 2.05) is 0 Å². The fourth-order valence-corrected chi connectivity index (χ4v) is 1.36. The monoisotopic (exact) mass is 207 g/mol. The molecule has 0 aliphatic carbocycles. The Hall–Kier alpha value is -1.91. The third-order valence-electron chi connectivity index (χ3n) is 2.03. The first-order valence-corrected chi connectivity index (χ1v) is 4.41. The summed E-state index contributed by atoms with van der Waals surface area (Å²) in [7, 11) is 3.22. The largest absolute Gasteiger partial charge is 0.480 e. The Morgan fingerprint density at radius 2 is 2.20 bits per heavy atom. The predicted octanol–water partition coefficient (Wildman–Crippen LogP) is 1.63. The van der Waals surface area contributed by atoms with Crippen molar-refractivity contribution in [3.05, 3.63) is 30.3 Å². The molecule has 2 rings (SSSR count). The van der Waals surface area contributed by atoms with Gasteiger partial charge in [0.1, 0.15) is 11.5 Å². The highest BCUT2D eigenvalue weighted by atomic mass is 19.1. The van der Waals surface area contributed by atoms with Crippen molar-refractivity contribution in [2.24, 2.45) is 7.05 Å². The number of hydrogen-bond donors (Lipinski definition) is 0. The maximum atomic E-state index is 13.6. The number of rotatable bonds is 2. The van der Waals surface area contributed by atoms with E-state index in [4.69, 9.17) is 4.74 Å². The van der Waals surface area contributed by atoms with E-state index in [-0.39, 0.29) is 11.7 Å². The molecule has 0 radical (unpaired) electrons.